The first-order chi connectivity index (χ1) is 22.7. The van der Waals surface area contributed by atoms with Crippen molar-refractivity contribution in [1.82, 2.24) is 16.1 Å². The number of halogens is 1. The highest BCUT2D eigenvalue weighted by atomic mass is 35.5. The molecule has 1 aliphatic rings. The van der Waals surface area contributed by atoms with Crippen molar-refractivity contribution < 1.29 is 38.4 Å². The Morgan fingerprint density at radius 3 is 2.55 bits per heavy atom. The molecule has 2 amide bonds. The van der Waals surface area contributed by atoms with Crippen LogP contribution >= 0.6 is 11.6 Å². The van der Waals surface area contributed by atoms with Gasteiger partial charge in [-0.25, -0.2) is 9.59 Å². The van der Waals surface area contributed by atoms with Crippen molar-refractivity contribution in [3.05, 3.63) is 93.1 Å². The van der Waals surface area contributed by atoms with E-state index in [4.69, 9.17) is 40.5 Å². The third kappa shape index (κ3) is 8.84. The summed E-state index contributed by atoms with van der Waals surface area (Å²) in [6.45, 7) is 3.75. The predicted octanol–water partition coefficient (Wildman–Crippen LogP) is 4.32. The molecule has 47 heavy (non-hydrogen) atoms. The number of methoxy groups -OCH3 is 2. The number of aliphatic hydroxyl groups excluding tert-OH is 1. The Hall–Kier alpha value is -5.45. The molecule has 3 aromatic rings. The van der Waals surface area contributed by atoms with Gasteiger partial charge in [-0.15, -0.1) is 0 Å². The van der Waals surface area contributed by atoms with Crippen LogP contribution in [0.5, 0.6) is 23.0 Å². The third-order valence-corrected chi connectivity index (χ3v) is 7.11. The van der Waals surface area contributed by atoms with Gasteiger partial charge in [0.05, 0.1) is 55.3 Å². The molecule has 0 spiro atoms. The van der Waals surface area contributed by atoms with Gasteiger partial charge in [-0.2, -0.15) is 10.4 Å². The number of nitrogens with one attached hydrogen (secondary N) is 3. The van der Waals surface area contributed by atoms with Crippen LogP contribution in [-0.4, -0.2) is 57.0 Å². The van der Waals surface area contributed by atoms with E-state index < -0.39 is 24.3 Å². The van der Waals surface area contributed by atoms with Crippen LogP contribution in [0.1, 0.15) is 42.1 Å². The zero-order chi connectivity index (χ0) is 33.9. The summed E-state index contributed by atoms with van der Waals surface area (Å²) in [4.78, 5) is 24.6. The average molecular weight is 664 g/mol. The number of amides is 2. The number of urea groups is 1. The summed E-state index contributed by atoms with van der Waals surface area (Å²) in [6.07, 6.45) is 0.248. The fourth-order valence-electron chi connectivity index (χ4n) is 4.61. The smallest absolute Gasteiger partial charge is 0.337 e. The first kappa shape index (κ1) is 34.4. The van der Waals surface area contributed by atoms with Gasteiger partial charge in [0, 0.05) is 5.70 Å². The Bertz CT molecular complexity index is 1700. The second-order valence-corrected chi connectivity index (χ2v) is 10.5. The Morgan fingerprint density at radius 1 is 1.11 bits per heavy atom. The van der Waals surface area contributed by atoms with Crippen LogP contribution in [0.25, 0.3) is 0 Å². The summed E-state index contributed by atoms with van der Waals surface area (Å²) in [6, 6.07) is 16.1. The van der Waals surface area contributed by atoms with Gasteiger partial charge in [0.1, 0.15) is 13.2 Å². The van der Waals surface area contributed by atoms with E-state index in [9.17, 15) is 14.7 Å². The van der Waals surface area contributed by atoms with Crippen molar-refractivity contribution in [1.29, 1.82) is 5.26 Å². The van der Waals surface area contributed by atoms with Crippen molar-refractivity contribution in [2.75, 3.05) is 27.4 Å². The molecule has 4 rings (SSSR count). The number of hydrogen-bond donors (Lipinski definition) is 4. The number of benzene rings is 3. The summed E-state index contributed by atoms with van der Waals surface area (Å²) in [5.41, 5.74) is 5.77. The summed E-state index contributed by atoms with van der Waals surface area (Å²) in [5, 5.41) is 29.1. The molecule has 3 aromatic carbocycles. The van der Waals surface area contributed by atoms with Crippen LogP contribution < -0.4 is 35.0 Å². The number of hydrogen-bond acceptors (Lipinski definition) is 11. The predicted molar refractivity (Wildman–Crippen MR) is 172 cm³/mol. The van der Waals surface area contributed by atoms with Gasteiger partial charge in [0.25, 0.3) is 0 Å². The lowest BCUT2D eigenvalue weighted by molar-refractivity contribution is -0.136. The molecule has 0 fully saturated rings. The Kier molecular flexibility index (Phi) is 11.9. The summed E-state index contributed by atoms with van der Waals surface area (Å²) < 4.78 is 27.8. The lowest BCUT2D eigenvalue weighted by atomic mass is 9.95. The normalized spacial score (nSPS) is 14.8. The number of aliphatic hydroxyl groups is 1. The highest BCUT2D eigenvalue weighted by molar-refractivity contribution is 6.32. The molecule has 0 saturated carbocycles. The van der Waals surface area contributed by atoms with Crippen LogP contribution in [0.15, 0.2) is 71.0 Å². The number of nitrogens with zero attached hydrogens (tertiary/aromatic N) is 2. The van der Waals surface area contributed by atoms with E-state index in [0.717, 1.165) is 5.56 Å². The van der Waals surface area contributed by atoms with Crippen LogP contribution in [0.2, 0.25) is 5.02 Å². The number of hydrazone groups is 1. The first-order valence-electron chi connectivity index (χ1n) is 14.4. The Balaban J connectivity index is 1.38. The molecule has 13 nitrogen and oxygen atoms in total. The molecular weight excluding hydrogens is 630 g/mol. The molecular formula is C33H34ClN5O8. The lowest BCUT2D eigenvalue weighted by Crippen LogP contribution is -2.45. The number of rotatable bonds is 14. The van der Waals surface area contributed by atoms with Crippen LogP contribution in [0.3, 0.4) is 0 Å². The van der Waals surface area contributed by atoms with Gasteiger partial charge in [0.15, 0.2) is 29.2 Å². The second-order valence-electron chi connectivity index (χ2n) is 10.0. The standard InChI is InChI=1S/C33H34ClN5O8/c1-5-45-26-14-23(30-29(32(41)44-4)19(2)37-33(42)38-30)10-11-25(26)46-18-28(40)39-36-16-22-12-24(34)31(27(13-22)43-3)47-17-21-8-6-20(15-35)7-9-21/h6-14,16,28,30,39-40H,5,17-18H2,1-4H3,(H2,37,38,42)/b36-16+/t28-,30+/m0/s1. The molecule has 0 aromatic heterocycles. The van der Waals surface area contributed by atoms with Crippen molar-refractivity contribution >= 4 is 29.8 Å². The van der Waals surface area contributed by atoms with Crippen molar-refractivity contribution in [2.45, 2.75) is 32.7 Å². The average Bonchev–Trinajstić information content (AvgIpc) is 3.06. The van der Waals surface area contributed by atoms with Gasteiger partial charge < -0.3 is 39.4 Å². The maximum absolute atomic E-state index is 12.5. The SMILES string of the molecule is CCOc1cc([C@H]2NC(=O)NC(C)=C2C(=O)OC)ccc1OC[C@H](O)N/N=C/c1cc(Cl)c(OCc2ccc(C#N)cc2)c(OC)c1. The zero-order valence-electron chi connectivity index (χ0n) is 26.1. The Morgan fingerprint density at radius 2 is 1.87 bits per heavy atom. The van der Waals surface area contributed by atoms with Crippen LogP contribution in [0, 0.1) is 11.3 Å². The maximum Gasteiger partial charge on any atom is 0.337 e. The van der Waals surface area contributed by atoms with E-state index in [2.05, 4.69) is 27.2 Å². The highest BCUT2D eigenvalue weighted by Crippen LogP contribution is 2.37. The quantitative estimate of drug-likeness (QED) is 0.0842. The number of ether oxygens (including phenoxy) is 5. The third-order valence-electron chi connectivity index (χ3n) is 6.83. The zero-order valence-corrected chi connectivity index (χ0v) is 26.9. The van der Waals surface area contributed by atoms with Crippen molar-refractivity contribution in [2.24, 2.45) is 5.10 Å². The van der Waals surface area contributed by atoms with Gasteiger partial charge in [-0.1, -0.05) is 29.8 Å². The summed E-state index contributed by atoms with van der Waals surface area (Å²) in [5.74, 6) is 0.825. The molecule has 0 bridgehead atoms. The molecule has 14 heteroatoms. The van der Waals surface area contributed by atoms with Crippen molar-refractivity contribution in [3.63, 3.8) is 0 Å². The maximum atomic E-state index is 12.5. The fourth-order valence-corrected chi connectivity index (χ4v) is 4.88. The molecule has 2 atom stereocenters. The number of allylic oxidation sites excluding steroid dienone is 1. The lowest BCUT2D eigenvalue weighted by Gasteiger charge is -2.28. The number of carbonyl (C=O) groups excluding carboxylic acids is 2. The van der Waals surface area contributed by atoms with Gasteiger partial charge in [-0.05, 0) is 66.9 Å². The molecule has 4 N–H and O–H groups in total. The number of esters is 1. The molecule has 246 valence electrons. The minimum Gasteiger partial charge on any atom is -0.493 e. The molecule has 1 aliphatic heterocycles. The van der Waals surface area contributed by atoms with E-state index in [1.807, 2.05) is 0 Å². The van der Waals surface area contributed by atoms with Crippen LogP contribution in [-0.2, 0) is 16.1 Å². The Labute approximate surface area is 276 Å². The monoisotopic (exact) mass is 663 g/mol. The molecule has 0 saturated heterocycles. The number of nitriles is 1. The second kappa shape index (κ2) is 16.2. The van der Waals surface area contributed by atoms with Crippen molar-refractivity contribution in [3.8, 4) is 29.1 Å². The van der Waals surface area contributed by atoms with E-state index >= 15 is 0 Å². The van der Waals surface area contributed by atoms with E-state index in [1.165, 1.54) is 20.4 Å². The van der Waals surface area contributed by atoms with E-state index in [1.54, 1.807) is 68.4 Å². The van der Waals surface area contributed by atoms with Gasteiger partial charge in [0.2, 0.25) is 0 Å². The minimum atomic E-state index is -1.20. The highest BCUT2D eigenvalue weighted by Gasteiger charge is 2.32. The first-order valence-corrected chi connectivity index (χ1v) is 14.8. The minimum absolute atomic E-state index is 0.195. The van der Waals surface area contributed by atoms with E-state index in [-0.39, 0.29) is 18.8 Å². The van der Waals surface area contributed by atoms with Gasteiger partial charge in [-0.3, -0.25) is 5.43 Å². The number of carbonyl (C=O) groups is 2. The van der Waals surface area contributed by atoms with Gasteiger partial charge >= 0.3 is 12.0 Å². The van der Waals surface area contributed by atoms with Crippen LogP contribution in [0.4, 0.5) is 4.79 Å². The summed E-state index contributed by atoms with van der Waals surface area (Å²) in [7, 11) is 2.75. The molecule has 0 aliphatic carbocycles. The topological polar surface area (TPSA) is 173 Å². The fraction of sp³-hybridized carbons (Fsp3) is 0.273. The molecule has 0 unspecified atom stereocenters. The molecule has 0 radical (unpaired) electrons. The summed E-state index contributed by atoms with van der Waals surface area (Å²) >= 11 is 6.47. The largest absolute Gasteiger partial charge is 0.493 e. The molecule has 1 heterocycles. The van der Waals surface area contributed by atoms with E-state index in [0.29, 0.717) is 57.0 Å².